The molecule has 2 heterocycles. The number of ether oxygens (including phenoxy) is 1. The van der Waals surface area contributed by atoms with Crippen LogP contribution < -0.4 is 10.2 Å². The van der Waals surface area contributed by atoms with Gasteiger partial charge in [-0.05, 0) is 23.3 Å². The lowest BCUT2D eigenvalue weighted by molar-refractivity contribution is 0.415. The van der Waals surface area contributed by atoms with Crippen LogP contribution in [0.15, 0.2) is 79.1 Å². The summed E-state index contributed by atoms with van der Waals surface area (Å²) < 4.78 is 7.79. The molecule has 2 N–H and O–H groups in total. The van der Waals surface area contributed by atoms with E-state index in [2.05, 4.69) is 4.98 Å². The van der Waals surface area contributed by atoms with Crippen LogP contribution in [0.3, 0.4) is 0 Å². The van der Waals surface area contributed by atoms with Crippen LogP contribution >= 0.6 is 11.6 Å². The Morgan fingerprint density at radius 3 is 2.57 bits per heavy atom. The van der Waals surface area contributed by atoms with Gasteiger partial charge in [-0.2, -0.15) is 0 Å². The Morgan fingerprint density at radius 1 is 1.00 bits per heavy atom. The van der Waals surface area contributed by atoms with Crippen LogP contribution in [0.1, 0.15) is 28.2 Å². The summed E-state index contributed by atoms with van der Waals surface area (Å²) >= 11 is 6.57. The zero-order valence-electron chi connectivity index (χ0n) is 15.9. The molecule has 4 aromatic rings. The van der Waals surface area contributed by atoms with Gasteiger partial charge in [0.15, 0.2) is 0 Å². The van der Waals surface area contributed by atoms with Crippen molar-refractivity contribution >= 4 is 11.6 Å². The average molecular weight is 416 g/mol. The number of nitrogens with zero attached hydrogens (tertiary/aromatic N) is 2. The minimum Gasteiger partial charge on any atom is -0.508 e. The van der Waals surface area contributed by atoms with Gasteiger partial charge in [-0.1, -0.05) is 66.2 Å². The third-order valence-electron chi connectivity index (χ3n) is 5.30. The Bertz CT molecular complexity index is 1300. The van der Waals surface area contributed by atoms with E-state index < -0.39 is 0 Å². The van der Waals surface area contributed by atoms with E-state index in [1.165, 1.54) is 0 Å². The van der Waals surface area contributed by atoms with Crippen LogP contribution in [0.5, 0.6) is 17.4 Å². The molecule has 5 nitrogen and oxygen atoms in total. The molecule has 0 aliphatic carbocycles. The Morgan fingerprint density at radius 2 is 1.77 bits per heavy atom. The van der Waals surface area contributed by atoms with Gasteiger partial charge >= 0.3 is 0 Å². The maximum absolute atomic E-state index is 9.94. The fraction of sp³-hybridized carbons (Fsp3) is 0.0833. The zero-order valence-corrected chi connectivity index (χ0v) is 16.7. The highest BCUT2D eigenvalue weighted by Gasteiger charge is 2.33. The molecule has 0 unspecified atom stereocenters. The fourth-order valence-electron chi connectivity index (χ4n) is 3.89. The average Bonchev–Trinajstić information content (AvgIpc) is 2.75. The number of phenolic OH excluding ortho intramolecular Hbond substituents is 1. The second kappa shape index (κ2) is 7.35. The van der Waals surface area contributed by atoms with E-state index in [1.54, 1.807) is 23.0 Å². The molecule has 1 aliphatic rings. The molecule has 0 spiro atoms. The van der Waals surface area contributed by atoms with Crippen molar-refractivity contribution in [1.29, 1.82) is 5.41 Å². The minimum atomic E-state index is -0.332. The lowest BCUT2D eigenvalue weighted by Gasteiger charge is -2.29. The molecule has 1 aliphatic heterocycles. The third kappa shape index (κ3) is 3.13. The first-order chi connectivity index (χ1) is 14.6. The summed E-state index contributed by atoms with van der Waals surface area (Å²) in [5.41, 5.74) is 3.74. The number of hydrogen-bond donors (Lipinski definition) is 2. The van der Waals surface area contributed by atoms with Crippen LogP contribution in [0.4, 0.5) is 0 Å². The van der Waals surface area contributed by atoms with Crippen molar-refractivity contribution in [2.24, 2.45) is 0 Å². The number of hydrogen-bond acceptors (Lipinski definition) is 4. The molecule has 148 valence electrons. The Balaban J connectivity index is 1.72. The van der Waals surface area contributed by atoms with Gasteiger partial charge in [0.05, 0.1) is 12.1 Å². The van der Waals surface area contributed by atoms with E-state index in [0.717, 1.165) is 16.7 Å². The highest BCUT2D eigenvalue weighted by molar-refractivity contribution is 6.31. The molecular formula is C24H18ClN3O2. The first kappa shape index (κ1) is 18.5. The normalized spacial score (nSPS) is 14.5. The summed E-state index contributed by atoms with van der Waals surface area (Å²) in [6, 6.07) is 22.6. The number of benzene rings is 3. The molecular weight excluding hydrogens is 398 g/mol. The first-order valence-corrected chi connectivity index (χ1v) is 9.92. The van der Waals surface area contributed by atoms with Gasteiger partial charge in [-0.3, -0.25) is 5.41 Å². The maximum atomic E-state index is 9.94. The molecule has 0 bridgehead atoms. The Hall–Kier alpha value is -3.57. The minimum absolute atomic E-state index is 0.108. The summed E-state index contributed by atoms with van der Waals surface area (Å²) in [5, 5.41) is 19.5. The number of aromatic hydroxyl groups is 1. The molecule has 1 atom stereocenters. The van der Waals surface area contributed by atoms with E-state index in [9.17, 15) is 5.11 Å². The van der Waals surface area contributed by atoms with Crippen LogP contribution in [0.2, 0.25) is 5.02 Å². The zero-order chi connectivity index (χ0) is 20.7. The van der Waals surface area contributed by atoms with Gasteiger partial charge in [0.2, 0.25) is 5.88 Å². The molecule has 0 amide bonds. The van der Waals surface area contributed by atoms with Gasteiger partial charge in [0.1, 0.15) is 23.3 Å². The standard InChI is InChI=1S/C24H18ClN3O2/c25-19-9-5-4-8-17(19)21-18-11-10-16(29)12-20(18)30-24-22(21)23(26)28(14-27-24)13-15-6-2-1-3-7-15/h1-12,14,21,26,29H,13H2/t21-/m0/s1. The summed E-state index contributed by atoms with van der Waals surface area (Å²) in [4.78, 5) is 4.51. The number of fused-ring (bicyclic) bond motifs is 2. The van der Waals surface area contributed by atoms with Crippen molar-refractivity contribution in [3.05, 3.63) is 112 Å². The van der Waals surface area contributed by atoms with Crippen LogP contribution in [0.25, 0.3) is 0 Å². The molecule has 0 saturated heterocycles. The van der Waals surface area contributed by atoms with Crippen molar-refractivity contribution in [1.82, 2.24) is 9.55 Å². The number of rotatable bonds is 3. The predicted molar refractivity (Wildman–Crippen MR) is 114 cm³/mol. The van der Waals surface area contributed by atoms with E-state index in [-0.39, 0.29) is 11.7 Å². The van der Waals surface area contributed by atoms with Gasteiger partial charge in [-0.15, -0.1) is 0 Å². The van der Waals surface area contributed by atoms with Crippen LogP contribution in [0, 0.1) is 5.41 Å². The number of phenols is 1. The monoisotopic (exact) mass is 415 g/mol. The lowest BCUT2D eigenvalue weighted by Crippen LogP contribution is -2.30. The largest absolute Gasteiger partial charge is 0.508 e. The summed E-state index contributed by atoms with van der Waals surface area (Å²) in [7, 11) is 0. The smallest absolute Gasteiger partial charge is 0.228 e. The third-order valence-corrected chi connectivity index (χ3v) is 5.65. The number of aromatic nitrogens is 2. The Kier molecular flexibility index (Phi) is 4.52. The SMILES string of the molecule is N=c1c2c(ncn1Cc1ccccc1)Oc1cc(O)ccc1[C@@H]2c1ccccc1Cl. The summed E-state index contributed by atoms with van der Waals surface area (Å²) in [6.45, 7) is 0.525. The van der Waals surface area contributed by atoms with Crippen molar-refractivity contribution < 1.29 is 9.84 Å². The van der Waals surface area contributed by atoms with E-state index in [0.29, 0.717) is 34.2 Å². The topological polar surface area (TPSA) is 71.1 Å². The van der Waals surface area contributed by atoms with Crippen molar-refractivity contribution in [2.45, 2.75) is 12.5 Å². The van der Waals surface area contributed by atoms with Crippen LogP contribution in [-0.4, -0.2) is 14.7 Å². The molecule has 0 fully saturated rings. The van der Waals surface area contributed by atoms with Gasteiger partial charge in [0, 0.05) is 22.6 Å². The molecule has 1 aromatic heterocycles. The van der Waals surface area contributed by atoms with Gasteiger partial charge in [-0.25, -0.2) is 4.98 Å². The highest BCUT2D eigenvalue weighted by Crippen LogP contribution is 2.47. The highest BCUT2D eigenvalue weighted by atomic mass is 35.5. The quantitative estimate of drug-likeness (QED) is 0.433. The van der Waals surface area contributed by atoms with E-state index in [1.807, 2.05) is 60.7 Å². The fourth-order valence-corrected chi connectivity index (χ4v) is 4.13. The van der Waals surface area contributed by atoms with Crippen molar-refractivity contribution in [3.8, 4) is 17.4 Å². The maximum Gasteiger partial charge on any atom is 0.228 e. The van der Waals surface area contributed by atoms with E-state index >= 15 is 0 Å². The molecule has 30 heavy (non-hydrogen) atoms. The first-order valence-electron chi connectivity index (χ1n) is 9.55. The van der Waals surface area contributed by atoms with Crippen molar-refractivity contribution in [2.75, 3.05) is 0 Å². The predicted octanol–water partition coefficient (Wildman–Crippen LogP) is 5.06. The molecule has 3 aromatic carbocycles. The second-order valence-corrected chi connectivity index (χ2v) is 7.61. The van der Waals surface area contributed by atoms with Crippen LogP contribution in [-0.2, 0) is 6.54 Å². The summed E-state index contributed by atoms with van der Waals surface area (Å²) in [5.74, 6) is 0.644. The number of halogens is 1. The van der Waals surface area contributed by atoms with E-state index in [4.69, 9.17) is 21.7 Å². The number of nitrogens with one attached hydrogen (secondary N) is 1. The summed E-state index contributed by atoms with van der Waals surface area (Å²) in [6.07, 6.45) is 1.62. The van der Waals surface area contributed by atoms with Crippen molar-refractivity contribution in [3.63, 3.8) is 0 Å². The molecule has 5 rings (SSSR count). The van der Waals surface area contributed by atoms with Gasteiger partial charge in [0.25, 0.3) is 0 Å². The molecule has 0 radical (unpaired) electrons. The second-order valence-electron chi connectivity index (χ2n) is 7.20. The van der Waals surface area contributed by atoms with Gasteiger partial charge < -0.3 is 14.4 Å². The lowest BCUT2D eigenvalue weighted by atomic mass is 9.84. The molecule has 6 heteroatoms. The Labute approximate surface area is 178 Å². The molecule has 0 saturated carbocycles.